The number of alkyl halides is 3. The van der Waals surface area contributed by atoms with Crippen molar-refractivity contribution >= 4 is 11.7 Å². The Morgan fingerprint density at radius 1 is 1.08 bits per heavy atom. The molecular weight excluding hydrogens is 503 g/mol. The molecule has 198 valence electrons. The van der Waals surface area contributed by atoms with Gasteiger partial charge in [-0.25, -0.2) is 4.98 Å². The van der Waals surface area contributed by atoms with Crippen molar-refractivity contribution in [3.63, 3.8) is 0 Å². The van der Waals surface area contributed by atoms with Gasteiger partial charge in [-0.1, -0.05) is 5.16 Å². The van der Waals surface area contributed by atoms with Crippen LogP contribution in [-0.2, 0) is 11.3 Å². The molecule has 1 fully saturated rings. The molecule has 13 heteroatoms. The molecule has 0 aliphatic carbocycles. The molecule has 0 spiro atoms. The molecule has 0 N–H and O–H groups in total. The normalized spacial score (nSPS) is 14.1. The van der Waals surface area contributed by atoms with E-state index in [2.05, 4.69) is 29.9 Å². The van der Waals surface area contributed by atoms with E-state index >= 15 is 0 Å². The van der Waals surface area contributed by atoms with Crippen LogP contribution in [0.5, 0.6) is 5.75 Å². The molecule has 1 aromatic carbocycles. The average Bonchev–Trinajstić information content (AvgIpc) is 3.51. The highest BCUT2D eigenvalue weighted by Gasteiger charge is 2.31. The molecular formula is C25H24F3N7O3. The lowest BCUT2D eigenvalue weighted by molar-refractivity contribution is -0.274. The van der Waals surface area contributed by atoms with E-state index in [0.717, 1.165) is 30.2 Å². The molecule has 4 heterocycles. The number of amides is 1. The molecule has 0 radical (unpaired) electrons. The lowest BCUT2D eigenvalue weighted by atomic mass is 10.2. The van der Waals surface area contributed by atoms with Gasteiger partial charge in [-0.15, -0.1) is 13.2 Å². The van der Waals surface area contributed by atoms with Crippen LogP contribution in [0.15, 0.2) is 53.2 Å². The minimum atomic E-state index is -4.76. The summed E-state index contributed by atoms with van der Waals surface area (Å²) in [6, 6.07) is 11.0. The monoisotopic (exact) mass is 527 g/mol. The van der Waals surface area contributed by atoms with E-state index in [1.165, 1.54) is 24.3 Å². The number of pyridine rings is 1. The third-order valence-corrected chi connectivity index (χ3v) is 6.16. The smallest absolute Gasteiger partial charge is 0.406 e. The van der Waals surface area contributed by atoms with Gasteiger partial charge in [-0.3, -0.25) is 9.48 Å². The topological polar surface area (TPSA) is 102 Å². The van der Waals surface area contributed by atoms with Crippen LogP contribution < -0.4 is 9.64 Å². The maximum Gasteiger partial charge on any atom is 0.573 e. The fraction of sp³-hybridized carbons (Fsp3) is 0.320. The maximum absolute atomic E-state index is 12.4. The Kier molecular flexibility index (Phi) is 6.74. The third kappa shape index (κ3) is 5.76. The lowest BCUT2D eigenvalue weighted by Crippen LogP contribution is -2.48. The minimum Gasteiger partial charge on any atom is -0.406 e. The van der Waals surface area contributed by atoms with Gasteiger partial charge in [0.2, 0.25) is 11.7 Å². The molecule has 0 bridgehead atoms. The Morgan fingerprint density at radius 3 is 2.50 bits per heavy atom. The van der Waals surface area contributed by atoms with Crippen LogP contribution in [0.25, 0.3) is 23.0 Å². The number of hydrogen-bond acceptors (Lipinski definition) is 8. The zero-order chi connectivity index (χ0) is 26.9. The number of carbonyl (C=O) groups excluding carboxylic acids is 1. The van der Waals surface area contributed by atoms with E-state index in [4.69, 9.17) is 4.52 Å². The number of ether oxygens (including phenoxy) is 1. The van der Waals surface area contributed by atoms with Gasteiger partial charge < -0.3 is 19.1 Å². The number of nitrogens with zero attached hydrogens (tertiary/aromatic N) is 7. The van der Waals surface area contributed by atoms with Crippen LogP contribution >= 0.6 is 0 Å². The van der Waals surface area contributed by atoms with Crippen LogP contribution in [0.2, 0.25) is 0 Å². The van der Waals surface area contributed by atoms with Gasteiger partial charge in [-0.2, -0.15) is 10.1 Å². The van der Waals surface area contributed by atoms with Crippen LogP contribution in [-0.4, -0.2) is 68.3 Å². The van der Waals surface area contributed by atoms with Crippen LogP contribution in [0, 0.1) is 6.92 Å². The summed E-state index contributed by atoms with van der Waals surface area (Å²) < 4.78 is 48.2. The van der Waals surface area contributed by atoms with Crippen molar-refractivity contribution in [1.29, 1.82) is 0 Å². The van der Waals surface area contributed by atoms with Crippen molar-refractivity contribution in [2.24, 2.45) is 0 Å². The van der Waals surface area contributed by atoms with Crippen molar-refractivity contribution in [2.75, 3.05) is 31.1 Å². The number of benzene rings is 1. The second kappa shape index (κ2) is 10.1. The highest BCUT2D eigenvalue weighted by molar-refractivity contribution is 5.73. The number of hydrogen-bond donors (Lipinski definition) is 0. The molecule has 5 rings (SSSR count). The van der Waals surface area contributed by atoms with Gasteiger partial charge in [0.15, 0.2) is 5.69 Å². The summed E-state index contributed by atoms with van der Waals surface area (Å²) in [5.74, 6) is 1.00. The Hall–Kier alpha value is -4.42. The molecule has 38 heavy (non-hydrogen) atoms. The minimum absolute atomic E-state index is 0.0816. The molecule has 0 saturated carbocycles. The average molecular weight is 528 g/mol. The van der Waals surface area contributed by atoms with E-state index in [1.807, 2.05) is 34.7 Å². The summed E-state index contributed by atoms with van der Waals surface area (Å²) in [7, 11) is 0. The van der Waals surface area contributed by atoms with Gasteiger partial charge in [0.25, 0.3) is 5.89 Å². The molecule has 0 atom stereocenters. The highest BCUT2D eigenvalue weighted by atomic mass is 19.4. The summed E-state index contributed by atoms with van der Waals surface area (Å²) in [4.78, 5) is 24.4. The van der Waals surface area contributed by atoms with Crippen LogP contribution in [0.1, 0.15) is 18.2 Å². The summed E-state index contributed by atoms with van der Waals surface area (Å²) in [6.07, 6.45) is -3.00. The Labute approximate surface area is 215 Å². The zero-order valence-corrected chi connectivity index (χ0v) is 20.6. The fourth-order valence-electron chi connectivity index (χ4n) is 4.18. The van der Waals surface area contributed by atoms with Crippen LogP contribution in [0.4, 0.5) is 19.0 Å². The molecule has 10 nitrogen and oxygen atoms in total. The van der Waals surface area contributed by atoms with Crippen molar-refractivity contribution in [3.8, 4) is 28.7 Å². The summed E-state index contributed by atoms with van der Waals surface area (Å²) in [6.45, 7) is 6.77. The van der Waals surface area contributed by atoms with E-state index in [9.17, 15) is 18.0 Å². The Balaban J connectivity index is 1.27. The van der Waals surface area contributed by atoms with Gasteiger partial charge in [0.1, 0.15) is 11.6 Å². The van der Waals surface area contributed by atoms with Gasteiger partial charge in [0.05, 0.1) is 6.54 Å². The van der Waals surface area contributed by atoms with Crippen molar-refractivity contribution < 1.29 is 27.2 Å². The molecule has 3 aromatic heterocycles. The van der Waals surface area contributed by atoms with E-state index in [1.54, 1.807) is 13.1 Å². The predicted molar refractivity (Wildman–Crippen MR) is 130 cm³/mol. The molecule has 1 amide bonds. The first-order valence-electron chi connectivity index (χ1n) is 11.8. The van der Waals surface area contributed by atoms with Crippen molar-refractivity contribution in [3.05, 3.63) is 59.9 Å². The second-order valence-electron chi connectivity index (χ2n) is 8.84. The standard InChI is InChI=1S/C25H24F3N7O3/c1-16-13-21(24-30-23(32-38-24)19-3-5-20(6-4-19)37-25(26,27)28)31-35(16)15-18-7-8-29-22(14-18)34-11-9-33(10-12-34)17(2)36/h3-8,13-14H,9-12,15H2,1-2H3. The van der Waals surface area contributed by atoms with Crippen molar-refractivity contribution in [1.82, 2.24) is 29.8 Å². The molecule has 1 aliphatic heterocycles. The second-order valence-corrected chi connectivity index (χ2v) is 8.84. The summed E-state index contributed by atoms with van der Waals surface area (Å²) in [5.41, 5.74) is 2.84. The number of rotatable bonds is 6. The molecule has 0 unspecified atom stereocenters. The summed E-state index contributed by atoms with van der Waals surface area (Å²) in [5, 5.41) is 8.54. The van der Waals surface area contributed by atoms with E-state index in [-0.39, 0.29) is 23.4 Å². The Morgan fingerprint density at radius 2 is 1.82 bits per heavy atom. The number of aromatic nitrogens is 5. The third-order valence-electron chi connectivity index (χ3n) is 6.16. The van der Waals surface area contributed by atoms with Gasteiger partial charge >= 0.3 is 6.36 Å². The molecule has 4 aromatic rings. The number of aryl methyl sites for hydroxylation is 1. The largest absolute Gasteiger partial charge is 0.573 e. The fourth-order valence-corrected chi connectivity index (χ4v) is 4.18. The van der Waals surface area contributed by atoms with Gasteiger partial charge in [0, 0.05) is 50.6 Å². The van der Waals surface area contributed by atoms with Crippen LogP contribution in [0.3, 0.4) is 0 Å². The number of anilines is 1. The highest BCUT2D eigenvalue weighted by Crippen LogP contribution is 2.27. The first kappa shape index (κ1) is 25.2. The SMILES string of the molecule is CC(=O)N1CCN(c2cc(Cn3nc(-c4nc(-c5ccc(OC(F)(F)F)cc5)no4)cc3C)ccn2)CC1. The van der Waals surface area contributed by atoms with Gasteiger partial charge in [-0.05, 0) is 55.0 Å². The predicted octanol–water partition coefficient (Wildman–Crippen LogP) is 3.92. The first-order chi connectivity index (χ1) is 18.1. The number of carbonyl (C=O) groups is 1. The maximum atomic E-state index is 12.4. The Bertz CT molecular complexity index is 1420. The van der Waals surface area contributed by atoms with E-state index < -0.39 is 6.36 Å². The summed E-state index contributed by atoms with van der Waals surface area (Å²) >= 11 is 0. The van der Waals surface area contributed by atoms with E-state index in [0.29, 0.717) is 30.9 Å². The quantitative estimate of drug-likeness (QED) is 0.372. The number of piperazine rings is 1. The number of halogens is 3. The lowest BCUT2D eigenvalue weighted by Gasteiger charge is -2.35. The van der Waals surface area contributed by atoms with Crippen molar-refractivity contribution in [2.45, 2.75) is 26.8 Å². The molecule has 1 aliphatic rings. The zero-order valence-electron chi connectivity index (χ0n) is 20.6. The first-order valence-corrected chi connectivity index (χ1v) is 11.8. The molecule has 1 saturated heterocycles.